The third kappa shape index (κ3) is 5.43. The topological polar surface area (TPSA) is 43.1 Å². The van der Waals surface area contributed by atoms with Crippen LogP contribution in [0.5, 0.6) is 0 Å². The Kier molecular flexibility index (Phi) is 11.7. The van der Waals surface area contributed by atoms with Crippen LogP contribution < -0.4 is 0 Å². The van der Waals surface area contributed by atoms with Gasteiger partial charge in [0.05, 0.1) is 18.1 Å². The summed E-state index contributed by atoms with van der Waals surface area (Å²) in [4.78, 5) is 8.12. The zero-order chi connectivity index (χ0) is 13.8. The van der Waals surface area contributed by atoms with E-state index in [0.717, 1.165) is 17.2 Å². The molecule has 0 aliphatic rings. The number of hydrogen-bond acceptors (Lipinski definition) is 3. The standard InChI is InChI=1S/C7H8N4.3C2H6/c1-5-3-9-7-4-8-6(2)10-11(5)7;3*1-2/h3-4H,1-2H3;3*1-2H3. The highest BCUT2D eigenvalue weighted by molar-refractivity contribution is 5.34. The van der Waals surface area contributed by atoms with Crippen LogP contribution in [-0.4, -0.2) is 19.6 Å². The summed E-state index contributed by atoms with van der Waals surface area (Å²) in [6.07, 6.45) is 3.50. The fourth-order valence-corrected chi connectivity index (χ4v) is 0.989. The third-order valence-corrected chi connectivity index (χ3v) is 1.55. The minimum Gasteiger partial charge on any atom is -0.236 e. The van der Waals surface area contributed by atoms with Gasteiger partial charge in [-0.15, -0.1) is 0 Å². The summed E-state index contributed by atoms with van der Waals surface area (Å²) in [5.41, 5.74) is 1.83. The predicted octanol–water partition coefficient (Wildman–Crippen LogP) is 3.82. The van der Waals surface area contributed by atoms with Crippen LogP contribution in [0.2, 0.25) is 0 Å². The maximum absolute atomic E-state index is 4.18. The molecule has 2 aromatic heterocycles. The van der Waals surface area contributed by atoms with Gasteiger partial charge in [-0.2, -0.15) is 5.10 Å². The molecular formula is C13H26N4. The first-order chi connectivity index (χ1) is 8.27. The lowest BCUT2D eigenvalue weighted by molar-refractivity contribution is 0.829. The summed E-state index contributed by atoms with van der Waals surface area (Å²) in [5, 5.41) is 4.18. The number of nitrogens with zero attached hydrogens (tertiary/aromatic N) is 4. The van der Waals surface area contributed by atoms with Gasteiger partial charge in [0, 0.05) is 0 Å². The van der Waals surface area contributed by atoms with Gasteiger partial charge in [0.15, 0.2) is 5.65 Å². The molecule has 0 aliphatic heterocycles. The highest BCUT2D eigenvalue weighted by atomic mass is 15.3. The van der Waals surface area contributed by atoms with Crippen molar-refractivity contribution in [1.82, 2.24) is 19.6 Å². The highest BCUT2D eigenvalue weighted by Crippen LogP contribution is 2.00. The Labute approximate surface area is 105 Å². The number of hydrogen-bond donors (Lipinski definition) is 0. The SMILES string of the molecule is CC.CC.CC.Cc1ncc2ncc(C)n2n1. The van der Waals surface area contributed by atoms with Crippen molar-refractivity contribution in [2.45, 2.75) is 55.4 Å². The van der Waals surface area contributed by atoms with Gasteiger partial charge in [-0.25, -0.2) is 14.5 Å². The van der Waals surface area contributed by atoms with Crippen molar-refractivity contribution in [2.24, 2.45) is 0 Å². The van der Waals surface area contributed by atoms with Crippen LogP contribution in [0.25, 0.3) is 5.65 Å². The Morgan fingerprint density at radius 2 is 1.35 bits per heavy atom. The van der Waals surface area contributed by atoms with Crippen molar-refractivity contribution in [3.8, 4) is 0 Å². The van der Waals surface area contributed by atoms with Crippen LogP contribution in [0, 0.1) is 13.8 Å². The van der Waals surface area contributed by atoms with Crippen LogP contribution in [0.3, 0.4) is 0 Å². The van der Waals surface area contributed by atoms with Crippen LogP contribution in [0.1, 0.15) is 53.1 Å². The molecule has 0 aliphatic carbocycles. The minimum atomic E-state index is 0.763. The Balaban J connectivity index is 0. The number of aryl methyl sites for hydroxylation is 2. The molecule has 4 nitrogen and oxygen atoms in total. The average Bonchev–Trinajstić information content (AvgIpc) is 2.78. The minimum absolute atomic E-state index is 0.763. The first-order valence-electron chi connectivity index (χ1n) is 6.41. The van der Waals surface area contributed by atoms with Crippen LogP contribution in [0.15, 0.2) is 12.4 Å². The lowest BCUT2D eigenvalue weighted by Gasteiger charge is -1.94. The molecule has 0 atom stereocenters. The molecule has 0 bridgehead atoms. The zero-order valence-corrected chi connectivity index (χ0v) is 12.4. The fraction of sp³-hybridized carbons (Fsp3) is 0.615. The molecule has 0 fully saturated rings. The van der Waals surface area contributed by atoms with Crippen molar-refractivity contribution in [2.75, 3.05) is 0 Å². The molecule has 17 heavy (non-hydrogen) atoms. The Morgan fingerprint density at radius 1 is 0.824 bits per heavy atom. The fourth-order valence-electron chi connectivity index (χ4n) is 0.989. The molecule has 0 unspecified atom stereocenters. The van der Waals surface area contributed by atoms with Gasteiger partial charge in [0.1, 0.15) is 5.82 Å². The largest absolute Gasteiger partial charge is 0.236 e. The van der Waals surface area contributed by atoms with E-state index >= 15 is 0 Å². The van der Waals surface area contributed by atoms with E-state index in [1.165, 1.54) is 0 Å². The molecule has 2 rings (SSSR count). The van der Waals surface area contributed by atoms with Gasteiger partial charge in [0.25, 0.3) is 0 Å². The summed E-state index contributed by atoms with van der Waals surface area (Å²) >= 11 is 0. The van der Waals surface area contributed by atoms with Gasteiger partial charge in [-0.05, 0) is 13.8 Å². The van der Waals surface area contributed by atoms with E-state index in [4.69, 9.17) is 0 Å². The molecule has 0 aromatic carbocycles. The second-order valence-corrected chi connectivity index (χ2v) is 2.47. The molecule has 0 spiro atoms. The first kappa shape index (κ1) is 17.9. The van der Waals surface area contributed by atoms with Crippen LogP contribution >= 0.6 is 0 Å². The second-order valence-electron chi connectivity index (χ2n) is 2.47. The monoisotopic (exact) mass is 238 g/mol. The maximum Gasteiger partial charge on any atom is 0.172 e. The molecule has 0 N–H and O–H groups in total. The van der Waals surface area contributed by atoms with E-state index in [1.807, 2.05) is 55.4 Å². The third-order valence-electron chi connectivity index (χ3n) is 1.55. The molecule has 4 heteroatoms. The average molecular weight is 238 g/mol. The van der Waals surface area contributed by atoms with E-state index < -0.39 is 0 Å². The van der Waals surface area contributed by atoms with Gasteiger partial charge < -0.3 is 0 Å². The maximum atomic E-state index is 4.18. The van der Waals surface area contributed by atoms with E-state index in [-0.39, 0.29) is 0 Å². The van der Waals surface area contributed by atoms with Gasteiger partial charge in [-0.1, -0.05) is 41.5 Å². The van der Waals surface area contributed by atoms with E-state index in [2.05, 4.69) is 15.1 Å². The molecule has 0 amide bonds. The number of rotatable bonds is 0. The Bertz CT molecular complexity index is 393. The summed E-state index contributed by atoms with van der Waals surface area (Å²) in [6.45, 7) is 15.8. The van der Waals surface area contributed by atoms with Crippen LogP contribution in [0.4, 0.5) is 0 Å². The molecular weight excluding hydrogens is 212 g/mol. The number of aromatic nitrogens is 4. The predicted molar refractivity (Wildman–Crippen MR) is 74.3 cm³/mol. The van der Waals surface area contributed by atoms with Crippen molar-refractivity contribution in [1.29, 1.82) is 0 Å². The molecule has 0 saturated heterocycles. The van der Waals surface area contributed by atoms with Crippen molar-refractivity contribution in [3.05, 3.63) is 23.9 Å². The Morgan fingerprint density at radius 3 is 1.88 bits per heavy atom. The summed E-state index contributed by atoms with van der Waals surface area (Å²) < 4.78 is 1.78. The lowest BCUT2D eigenvalue weighted by atomic mass is 10.6. The summed E-state index contributed by atoms with van der Waals surface area (Å²) in [6, 6.07) is 0. The molecule has 98 valence electrons. The van der Waals surface area contributed by atoms with E-state index in [1.54, 1.807) is 16.9 Å². The quantitative estimate of drug-likeness (QED) is 0.700. The molecule has 0 radical (unpaired) electrons. The van der Waals surface area contributed by atoms with Crippen molar-refractivity contribution in [3.63, 3.8) is 0 Å². The van der Waals surface area contributed by atoms with Crippen molar-refractivity contribution >= 4 is 5.65 Å². The van der Waals surface area contributed by atoms with Crippen molar-refractivity contribution < 1.29 is 0 Å². The zero-order valence-electron chi connectivity index (χ0n) is 12.4. The first-order valence-corrected chi connectivity index (χ1v) is 6.41. The number of imidazole rings is 1. The summed E-state index contributed by atoms with van der Waals surface area (Å²) in [5.74, 6) is 0.763. The molecule has 2 heterocycles. The Hall–Kier alpha value is -1.45. The smallest absolute Gasteiger partial charge is 0.172 e. The summed E-state index contributed by atoms with van der Waals surface area (Å²) in [7, 11) is 0. The van der Waals surface area contributed by atoms with Crippen LogP contribution in [-0.2, 0) is 0 Å². The highest BCUT2D eigenvalue weighted by Gasteiger charge is 1.98. The number of fused-ring (bicyclic) bond motifs is 1. The lowest BCUT2D eigenvalue weighted by Crippen LogP contribution is -1.97. The second kappa shape index (κ2) is 11.0. The van der Waals surface area contributed by atoms with Gasteiger partial charge >= 0.3 is 0 Å². The van der Waals surface area contributed by atoms with Gasteiger partial charge in [0.2, 0.25) is 0 Å². The van der Waals surface area contributed by atoms with E-state index in [9.17, 15) is 0 Å². The molecule has 0 saturated carbocycles. The molecule has 2 aromatic rings. The van der Waals surface area contributed by atoms with E-state index in [0.29, 0.717) is 0 Å². The normalized spacial score (nSPS) is 8.00. The van der Waals surface area contributed by atoms with Gasteiger partial charge in [-0.3, -0.25) is 0 Å².